The normalized spacial score (nSPS) is 11.2. The molecule has 0 saturated heterocycles. The standard InChI is InChI=1S/C15H13ClN2O/c1-8-5-4-6-11-7-12(19-14(8)11)13-9(2)10(3)15(16)18-17-13/h4-7H,1-3H3. The number of benzene rings is 1. The zero-order valence-corrected chi connectivity index (χ0v) is 11.7. The van der Waals surface area contributed by atoms with Gasteiger partial charge in [0, 0.05) is 5.39 Å². The van der Waals surface area contributed by atoms with E-state index in [4.69, 9.17) is 16.0 Å². The third-order valence-electron chi connectivity index (χ3n) is 3.44. The molecular weight excluding hydrogens is 260 g/mol. The molecule has 2 aromatic heterocycles. The third-order valence-corrected chi connectivity index (χ3v) is 3.80. The Hall–Kier alpha value is -1.87. The molecule has 0 fully saturated rings. The van der Waals surface area contributed by atoms with Gasteiger partial charge in [0.2, 0.25) is 0 Å². The van der Waals surface area contributed by atoms with Gasteiger partial charge in [-0.3, -0.25) is 0 Å². The molecule has 0 amide bonds. The lowest BCUT2D eigenvalue weighted by molar-refractivity contribution is 0.623. The monoisotopic (exact) mass is 272 g/mol. The Labute approximate surface area is 116 Å². The zero-order chi connectivity index (χ0) is 13.6. The fraction of sp³-hybridized carbons (Fsp3) is 0.200. The van der Waals surface area contributed by atoms with Crippen molar-refractivity contribution in [3.63, 3.8) is 0 Å². The first-order chi connectivity index (χ1) is 9.08. The summed E-state index contributed by atoms with van der Waals surface area (Å²) in [5, 5.41) is 9.63. The van der Waals surface area contributed by atoms with Crippen LogP contribution in [-0.2, 0) is 0 Å². The number of aryl methyl sites for hydroxylation is 1. The molecule has 0 aliphatic rings. The first-order valence-corrected chi connectivity index (χ1v) is 6.44. The van der Waals surface area contributed by atoms with Crippen molar-refractivity contribution in [2.45, 2.75) is 20.8 Å². The van der Waals surface area contributed by atoms with Gasteiger partial charge in [0.15, 0.2) is 10.9 Å². The van der Waals surface area contributed by atoms with Gasteiger partial charge in [-0.15, -0.1) is 10.2 Å². The summed E-state index contributed by atoms with van der Waals surface area (Å²) < 4.78 is 5.91. The number of aromatic nitrogens is 2. The lowest BCUT2D eigenvalue weighted by atomic mass is 10.1. The second kappa shape index (κ2) is 4.35. The lowest BCUT2D eigenvalue weighted by Crippen LogP contribution is -1.95. The molecule has 0 spiro atoms. The Bertz CT molecular complexity index is 777. The largest absolute Gasteiger partial charge is 0.454 e. The molecule has 96 valence electrons. The second-order valence-electron chi connectivity index (χ2n) is 4.69. The highest BCUT2D eigenvalue weighted by atomic mass is 35.5. The summed E-state index contributed by atoms with van der Waals surface area (Å²) in [6, 6.07) is 8.07. The van der Waals surface area contributed by atoms with Gasteiger partial charge in [-0.05, 0) is 43.5 Å². The van der Waals surface area contributed by atoms with Crippen LogP contribution in [0.4, 0.5) is 0 Å². The van der Waals surface area contributed by atoms with Crippen molar-refractivity contribution >= 4 is 22.6 Å². The van der Waals surface area contributed by atoms with Crippen LogP contribution in [0.1, 0.15) is 16.7 Å². The maximum Gasteiger partial charge on any atom is 0.155 e. The van der Waals surface area contributed by atoms with E-state index >= 15 is 0 Å². The average molecular weight is 273 g/mol. The quantitative estimate of drug-likeness (QED) is 0.656. The number of para-hydroxylation sites is 1. The van der Waals surface area contributed by atoms with Crippen molar-refractivity contribution in [1.29, 1.82) is 0 Å². The minimum absolute atomic E-state index is 0.438. The summed E-state index contributed by atoms with van der Waals surface area (Å²) in [7, 11) is 0. The second-order valence-corrected chi connectivity index (χ2v) is 5.05. The molecule has 19 heavy (non-hydrogen) atoms. The van der Waals surface area contributed by atoms with E-state index in [0.717, 1.165) is 39.1 Å². The van der Waals surface area contributed by atoms with Crippen LogP contribution in [-0.4, -0.2) is 10.2 Å². The topological polar surface area (TPSA) is 38.9 Å². The van der Waals surface area contributed by atoms with Crippen molar-refractivity contribution in [2.24, 2.45) is 0 Å². The SMILES string of the molecule is Cc1c(Cl)nnc(-c2cc3cccc(C)c3o2)c1C. The fourth-order valence-corrected chi connectivity index (χ4v) is 2.32. The minimum Gasteiger partial charge on any atom is -0.454 e. The van der Waals surface area contributed by atoms with Crippen molar-refractivity contribution in [2.75, 3.05) is 0 Å². The van der Waals surface area contributed by atoms with Gasteiger partial charge < -0.3 is 4.42 Å². The highest BCUT2D eigenvalue weighted by Gasteiger charge is 2.14. The number of fused-ring (bicyclic) bond motifs is 1. The number of nitrogens with zero attached hydrogens (tertiary/aromatic N) is 2. The molecule has 0 bridgehead atoms. The summed E-state index contributed by atoms with van der Waals surface area (Å²) in [4.78, 5) is 0. The Balaban J connectivity index is 2.25. The highest BCUT2D eigenvalue weighted by molar-refractivity contribution is 6.30. The molecule has 0 radical (unpaired) electrons. The molecule has 4 heteroatoms. The molecule has 0 unspecified atom stereocenters. The molecule has 0 N–H and O–H groups in total. The summed E-state index contributed by atoms with van der Waals surface area (Å²) in [6.07, 6.45) is 0. The number of rotatable bonds is 1. The Kier molecular flexibility index (Phi) is 2.79. The number of furan rings is 1. The van der Waals surface area contributed by atoms with Gasteiger partial charge in [0.25, 0.3) is 0 Å². The van der Waals surface area contributed by atoms with Crippen LogP contribution in [0.15, 0.2) is 28.7 Å². The smallest absolute Gasteiger partial charge is 0.155 e. The van der Waals surface area contributed by atoms with Gasteiger partial charge in [0.1, 0.15) is 11.3 Å². The van der Waals surface area contributed by atoms with Crippen LogP contribution in [0, 0.1) is 20.8 Å². The van der Waals surface area contributed by atoms with E-state index in [1.165, 1.54) is 0 Å². The Morgan fingerprint density at radius 2 is 1.84 bits per heavy atom. The van der Waals surface area contributed by atoms with Crippen LogP contribution in [0.2, 0.25) is 5.15 Å². The minimum atomic E-state index is 0.438. The van der Waals surface area contributed by atoms with Crippen LogP contribution >= 0.6 is 11.6 Å². The lowest BCUT2D eigenvalue weighted by Gasteiger charge is -2.05. The molecule has 1 aromatic carbocycles. The molecule has 2 heterocycles. The van der Waals surface area contributed by atoms with E-state index in [9.17, 15) is 0 Å². The van der Waals surface area contributed by atoms with Gasteiger partial charge in [-0.25, -0.2) is 0 Å². The van der Waals surface area contributed by atoms with Crippen molar-refractivity contribution in [3.05, 3.63) is 46.1 Å². The van der Waals surface area contributed by atoms with Gasteiger partial charge >= 0.3 is 0 Å². The van der Waals surface area contributed by atoms with Crippen LogP contribution in [0.5, 0.6) is 0 Å². The van der Waals surface area contributed by atoms with E-state index < -0.39 is 0 Å². The predicted octanol–water partition coefficient (Wildman–Crippen LogP) is 4.47. The van der Waals surface area contributed by atoms with Crippen molar-refractivity contribution in [3.8, 4) is 11.5 Å². The maximum absolute atomic E-state index is 5.97. The van der Waals surface area contributed by atoms with E-state index in [-0.39, 0.29) is 0 Å². The van der Waals surface area contributed by atoms with Gasteiger partial charge in [-0.2, -0.15) is 0 Å². The van der Waals surface area contributed by atoms with Crippen molar-refractivity contribution in [1.82, 2.24) is 10.2 Å². The van der Waals surface area contributed by atoms with E-state index in [0.29, 0.717) is 5.15 Å². The summed E-state index contributed by atoms with van der Waals surface area (Å²) in [6.45, 7) is 5.94. The maximum atomic E-state index is 5.97. The average Bonchev–Trinajstić information content (AvgIpc) is 2.81. The summed E-state index contributed by atoms with van der Waals surface area (Å²) >= 11 is 5.97. The number of hydrogen-bond donors (Lipinski definition) is 0. The van der Waals surface area contributed by atoms with E-state index in [2.05, 4.69) is 10.2 Å². The summed E-state index contributed by atoms with van der Waals surface area (Å²) in [5.74, 6) is 0.731. The zero-order valence-electron chi connectivity index (χ0n) is 11.0. The molecule has 0 saturated carbocycles. The first-order valence-electron chi connectivity index (χ1n) is 6.07. The highest BCUT2D eigenvalue weighted by Crippen LogP contribution is 2.31. The number of halogens is 1. The molecule has 0 aliphatic heterocycles. The third kappa shape index (κ3) is 1.90. The Morgan fingerprint density at radius 1 is 1.05 bits per heavy atom. The first kappa shape index (κ1) is 12.2. The number of hydrogen-bond acceptors (Lipinski definition) is 3. The molecule has 0 atom stereocenters. The van der Waals surface area contributed by atoms with Crippen LogP contribution < -0.4 is 0 Å². The predicted molar refractivity (Wildman–Crippen MR) is 76.5 cm³/mol. The summed E-state index contributed by atoms with van der Waals surface area (Å²) in [5.41, 5.74) is 4.68. The molecule has 3 rings (SSSR count). The Morgan fingerprint density at radius 3 is 2.58 bits per heavy atom. The molecule has 3 nitrogen and oxygen atoms in total. The van der Waals surface area contributed by atoms with Crippen LogP contribution in [0.25, 0.3) is 22.4 Å². The van der Waals surface area contributed by atoms with Gasteiger partial charge in [0.05, 0.1) is 0 Å². The van der Waals surface area contributed by atoms with E-state index in [1.807, 2.05) is 45.0 Å². The van der Waals surface area contributed by atoms with E-state index in [1.54, 1.807) is 0 Å². The van der Waals surface area contributed by atoms with Crippen LogP contribution in [0.3, 0.4) is 0 Å². The van der Waals surface area contributed by atoms with Crippen molar-refractivity contribution < 1.29 is 4.42 Å². The molecular formula is C15H13ClN2O. The molecule has 0 aliphatic carbocycles. The fourth-order valence-electron chi connectivity index (χ4n) is 2.14. The molecule has 3 aromatic rings. The van der Waals surface area contributed by atoms with Gasteiger partial charge in [-0.1, -0.05) is 29.8 Å².